The van der Waals surface area contributed by atoms with Gasteiger partial charge in [-0.15, -0.1) is 0 Å². The van der Waals surface area contributed by atoms with Crippen LogP contribution in [-0.2, 0) is 0 Å². The Morgan fingerprint density at radius 1 is 1.13 bits per heavy atom. The smallest absolute Gasteiger partial charge is 0.316 e. The highest BCUT2D eigenvalue weighted by Crippen LogP contribution is 2.20. The molecule has 0 N–H and O–H groups in total. The van der Waals surface area contributed by atoms with Gasteiger partial charge in [-0.25, -0.2) is 9.97 Å². The summed E-state index contributed by atoms with van der Waals surface area (Å²) >= 11 is 0. The van der Waals surface area contributed by atoms with Gasteiger partial charge in [0, 0.05) is 17.9 Å². The van der Waals surface area contributed by atoms with Gasteiger partial charge >= 0.3 is 6.01 Å². The number of nitrogens with zero attached hydrogens (tertiary/aromatic N) is 5. The lowest BCUT2D eigenvalue weighted by atomic mass is 10.1. The molecule has 1 unspecified atom stereocenters. The zero-order valence-corrected chi connectivity index (χ0v) is 13.7. The maximum atomic E-state index is 5.89. The van der Waals surface area contributed by atoms with Crippen molar-refractivity contribution in [3.8, 4) is 11.8 Å². The molecule has 2 aromatic rings. The molecule has 1 saturated heterocycles. The van der Waals surface area contributed by atoms with E-state index in [4.69, 9.17) is 9.47 Å². The molecule has 0 saturated carbocycles. The Labute approximate surface area is 135 Å². The molecule has 0 spiro atoms. The number of ether oxygens (including phenoxy) is 2. The Balaban J connectivity index is 1.67. The first-order chi connectivity index (χ1) is 11.1. The number of aryl methyl sites for hydroxylation is 2. The van der Waals surface area contributed by atoms with Crippen molar-refractivity contribution in [2.75, 3.05) is 25.1 Å². The summed E-state index contributed by atoms with van der Waals surface area (Å²) in [6.07, 6.45) is 5.24. The van der Waals surface area contributed by atoms with Crippen molar-refractivity contribution < 1.29 is 9.47 Å². The Morgan fingerprint density at radius 3 is 2.48 bits per heavy atom. The van der Waals surface area contributed by atoms with Crippen molar-refractivity contribution in [2.24, 2.45) is 0 Å². The molecule has 2 aromatic heterocycles. The molecule has 0 aliphatic carbocycles. The van der Waals surface area contributed by atoms with Gasteiger partial charge in [0.1, 0.15) is 6.10 Å². The van der Waals surface area contributed by atoms with Crippen LogP contribution >= 0.6 is 0 Å². The lowest BCUT2D eigenvalue weighted by molar-refractivity contribution is 0.163. The fraction of sp³-hybridized carbons (Fsp3) is 0.500. The Hall–Kier alpha value is -2.44. The molecular weight excluding hydrogens is 294 g/mol. The first-order valence-electron chi connectivity index (χ1n) is 7.74. The normalized spacial score (nSPS) is 17.9. The molecule has 0 radical (unpaired) electrons. The standard InChI is InChI=1S/C16H21N5O2/c1-11-7-12(2)20-15(19-11)21-6-4-5-13(10-21)23-16-17-8-14(22-3)9-18-16/h7-9,13H,4-6,10H2,1-3H3. The van der Waals surface area contributed by atoms with E-state index >= 15 is 0 Å². The Morgan fingerprint density at radius 2 is 1.83 bits per heavy atom. The van der Waals surface area contributed by atoms with Crippen LogP contribution in [0.5, 0.6) is 11.8 Å². The minimum Gasteiger partial charge on any atom is -0.494 e. The highest BCUT2D eigenvalue weighted by atomic mass is 16.5. The minimum atomic E-state index is 0.0292. The van der Waals surface area contributed by atoms with Gasteiger partial charge in [-0.1, -0.05) is 0 Å². The van der Waals surface area contributed by atoms with E-state index in [1.165, 1.54) is 0 Å². The second kappa shape index (κ2) is 6.76. The summed E-state index contributed by atoms with van der Waals surface area (Å²) in [7, 11) is 1.59. The lowest BCUT2D eigenvalue weighted by Gasteiger charge is -2.32. The van der Waals surface area contributed by atoms with Crippen LogP contribution in [0.3, 0.4) is 0 Å². The zero-order chi connectivity index (χ0) is 16.2. The highest BCUT2D eigenvalue weighted by Gasteiger charge is 2.24. The third kappa shape index (κ3) is 3.85. The second-order valence-electron chi connectivity index (χ2n) is 5.68. The van der Waals surface area contributed by atoms with Crippen LogP contribution in [0.15, 0.2) is 18.5 Å². The molecule has 0 bridgehead atoms. The van der Waals surface area contributed by atoms with Gasteiger partial charge in [-0.3, -0.25) is 0 Å². The molecule has 3 rings (SSSR count). The predicted octanol–water partition coefficient (Wildman–Crippen LogP) is 1.94. The lowest BCUT2D eigenvalue weighted by Crippen LogP contribution is -2.42. The molecule has 0 amide bonds. The van der Waals surface area contributed by atoms with E-state index in [2.05, 4.69) is 24.8 Å². The number of anilines is 1. The summed E-state index contributed by atoms with van der Waals surface area (Å²) in [6.45, 7) is 5.65. The van der Waals surface area contributed by atoms with Gasteiger partial charge in [0.2, 0.25) is 5.95 Å². The molecule has 122 valence electrons. The average Bonchev–Trinajstić information content (AvgIpc) is 2.55. The van der Waals surface area contributed by atoms with Gasteiger partial charge < -0.3 is 14.4 Å². The SMILES string of the molecule is COc1cnc(OC2CCCN(c3nc(C)cc(C)n3)C2)nc1. The quantitative estimate of drug-likeness (QED) is 0.853. The van der Waals surface area contributed by atoms with Crippen LogP contribution in [0.1, 0.15) is 24.2 Å². The number of hydrogen-bond acceptors (Lipinski definition) is 7. The van der Waals surface area contributed by atoms with E-state index < -0.39 is 0 Å². The molecule has 7 nitrogen and oxygen atoms in total. The zero-order valence-electron chi connectivity index (χ0n) is 13.7. The van der Waals surface area contributed by atoms with Crippen LogP contribution in [0, 0.1) is 13.8 Å². The molecule has 23 heavy (non-hydrogen) atoms. The van der Waals surface area contributed by atoms with E-state index in [1.807, 2.05) is 19.9 Å². The fourth-order valence-electron chi connectivity index (χ4n) is 2.68. The molecule has 7 heteroatoms. The number of aromatic nitrogens is 4. The van der Waals surface area contributed by atoms with Crippen molar-refractivity contribution in [1.29, 1.82) is 0 Å². The molecule has 0 aromatic carbocycles. The minimum absolute atomic E-state index is 0.0292. The van der Waals surface area contributed by atoms with Crippen molar-refractivity contribution in [1.82, 2.24) is 19.9 Å². The number of hydrogen-bond donors (Lipinski definition) is 0. The van der Waals surface area contributed by atoms with E-state index in [0.29, 0.717) is 11.8 Å². The van der Waals surface area contributed by atoms with Gasteiger partial charge in [0.15, 0.2) is 5.75 Å². The molecule has 3 heterocycles. The average molecular weight is 315 g/mol. The van der Waals surface area contributed by atoms with E-state index in [1.54, 1.807) is 19.5 Å². The molecule has 1 aliphatic rings. The van der Waals surface area contributed by atoms with Crippen LogP contribution in [0.25, 0.3) is 0 Å². The van der Waals surface area contributed by atoms with E-state index in [0.717, 1.165) is 43.3 Å². The van der Waals surface area contributed by atoms with Gasteiger partial charge in [-0.05, 0) is 32.8 Å². The van der Waals surface area contributed by atoms with Crippen molar-refractivity contribution >= 4 is 5.95 Å². The predicted molar refractivity (Wildman–Crippen MR) is 86.0 cm³/mol. The molecule has 1 aliphatic heterocycles. The highest BCUT2D eigenvalue weighted by molar-refractivity contribution is 5.33. The summed E-state index contributed by atoms with van der Waals surface area (Å²) < 4.78 is 10.9. The molecule has 1 atom stereocenters. The topological polar surface area (TPSA) is 73.3 Å². The molecular formula is C16H21N5O2. The second-order valence-corrected chi connectivity index (χ2v) is 5.68. The van der Waals surface area contributed by atoms with Crippen LogP contribution < -0.4 is 14.4 Å². The summed E-state index contributed by atoms with van der Waals surface area (Å²) in [5, 5.41) is 0. The first-order valence-corrected chi connectivity index (χ1v) is 7.74. The third-order valence-corrected chi connectivity index (χ3v) is 3.74. The fourth-order valence-corrected chi connectivity index (χ4v) is 2.68. The summed E-state index contributed by atoms with van der Waals surface area (Å²) in [4.78, 5) is 19.6. The van der Waals surface area contributed by atoms with Crippen LogP contribution in [0.2, 0.25) is 0 Å². The Kier molecular flexibility index (Phi) is 4.55. The molecule has 1 fully saturated rings. The van der Waals surface area contributed by atoms with Gasteiger partial charge in [-0.2, -0.15) is 9.97 Å². The number of methoxy groups -OCH3 is 1. The monoisotopic (exact) mass is 315 g/mol. The van der Waals surface area contributed by atoms with Crippen molar-refractivity contribution in [2.45, 2.75) is 32.8 Å². The maximum Gasteiger partial charge on any atom is 0.316 e. The summed E-state index contributed by atoms with van der Waals surface area (Å²) in [5.74, 6) is 1.39. The van der Waals surface area contributed by atoms with Crippen molar-refractivity contribution in [3.05, 3.63) is 29.8 Å². The Bertz CT molecular complexity index is 642. The summed E-state index contributed by atoms with van der Waals surface area (Å²) in [6, 6.07) is 2.35. The first kappa shape index (κ1) is 15.5. The van der Waals surface area contributed by atoms with Crippen LogP contribution in [-0.4, -0.2) is 46.2 Å². The summed E-state index contributed by atoms with van der Waals surface area (Å²) in [5.41, 5.74) is 1.96. The van der Waals surface area contributed by atoms with Gasteiger partial charge in [0.05, 0.1) is 26.0 Å². The maximum absolute atomic E-state index is 5.89. The van der Waals surface area contributed by atoms with E-state index in [-0.39, 0.29) is 6.10 Å². The van der Waals surface area contributed by atoms with Crippen molar-refractivity contribution in [3.63, 3.8) is 0 Å². The largest absolute Gasteiger partial charge is 0.494 e. The van der Waals surface area contributed by atoms with E-state index in [9.17, 15) is 0 Å². The van der Waals surface area contributed by atoms with Gasteiger partial charge in [0.25, 0.3) is 0 Å². The number of piperidine rings is 1. The third-order valence-electron chi connectivity index (χ3n) is 3.74. The van der Waals surface area contributed by atoms with Crippen LogP contribution in [0.4, 0.5) is 5.95 Å². The number of rotatable bonds is 4.